The Labute approximate surface area is 117 Å². The van der Waals surface area contributed by atoms with Crippen molar-refractivity contribution in [1.29, 1.82) is 0 Å². The SMILES string of the molecule is CN([C@H]1CNC[C@@H]1O)S(=O)(=O)c1cc(C(N)=O)n(C)c1. The molecule has 1 aromatic heterocycles. The average Bonchev–Trinajstić information content (AvgIpc) is 2.94. The number of β-amino-alcohol motifs (C(OH)–C–C–N with tert-alkyl or cyclic N) is 1. The predicted octanol–water partition coefficient (Wildman–Crippen LogP) is -1.92. The van der Waals surface area contributed by atoms with Crippen LogP contribution in [0.25, 0.3) is 0 Å². The summed E-state index contributed by atoms with van der Waals surface area (Å²) in [6.45, 7) is 0.734. The van der Waals surface area contributed by atoms with Gasteiger partial charge in [-0.25, -0.2) is 8.42 Å². The van der Waals surface area contributed by atoms with Crippen molar-refractivity contribution in [3.8, 4) is 0 Å². The van der Waals surface area contributed by atoms with Crippen molar-refractivity contribution < 1.29 is 18.3 Å². The van der Waals surface area contributed by atoms with E-state index in [-0.39, 0.29) is 10.6 Å². The number of aliphatic hydroxyl groups excluding tert-OH is 1. The highest BCUT2D eigenvalue weighted by atomic mass is 32.2. The molecular weight excluding hydrogens is 284 g/mol. The first kappa shape index (κ1) is 15.0. The van der Waals surface area contributed by atoms with E-state index in [2.05, 4.69) is 5.32 Å². The fourth-order valence-electron chi connectivity index (χ4n) is 2.29. The maximum absolute atomic E-state index is 12.5. The van der Waals surface area contributed by atoms with E-state index in [4.69, 9.17) is 5.73 Å². The minimum atomic E-state index is -3.79. The first-order valence-corrected chi connectivity index (χ1v) is 7.52. The van der Waals surface area contributed by atoms with Crippen LogP contribution < -0.4 is 11.1 Å². The van der Waals surface area contributed by atoms with Crippen molar-refractivity contribution in [3.05, 3.63) is 18.0 Å². The summed E-state index contributed by atoms with van der Waals surface area (Å²) in [6, 6.07) is 0.709. The van der Waals surface area contributed by atoms with Gasteiger partial charge in [0.1, 0.15) is 10.6 Å². The Morgan fingerprint density at radius 3 is 2.65 bits per heavy atom. The fraction of sp³-hybridized carbons (Fsp3) is 0.545. The normalized spacial score (nSPS) is 23.4. The minimum Gasteiger partial charge on any atom is -0.390 e. The van der Waals surface area contributed by atoms with Crippen LogP contribution in [0.2, 0.25) is 0 Å². The number of carbonyl (C=O) groups excluding carboxylic acids is 1. The van der Waals surface area contributed by atoms with Gasteiger partial charge >= 0.3 is 0 Å². The third-order valence-electron chi connectivity index (χ3n) is 3.53. The number of likely N-dealkylation sites (N-methyl/N-ethyl adjacent to an activating group) is 1. The summed E-state index contributed by atoms with van der Waals surface area (Å²) in [5, 5.41) is 12.7. The van der Waals surface area contributed by atoms with E-state index in [9.17, 15) is 18.3 Å². The molecular formula is C11H18N4O4S. The highest BCUT2D eigenvalue weighted by Crippen LogP contribution is 2.21. The number of rotatable bonds is 4. The highest BCUT2D eigenvalue weighted by Gasteiger charge is 2.36. The summed E-state index contributed by atoms with van der Waals surface area (Å²) >= 11 is 0. The number of nitrogens with zero attached hydrogens (tertiary/aromatic N) is 2. The monoisotopic (exact) mass is 302 g/mol. The van der Waals surface area contributed by atoms with Gasteiger partial charge < -0.3 is 20.7 Å². The van der Waals surface area contributed by atoms with Crippen LogP contribution >= 0.6 is 0 Å². The zero-order valence-electron chi connectivity index (χ0n) is 11.3. The third kappa shape index (κ3) is 2.44. The number of amides is 1. The van der Waals surface area contributed by atoms with E-state index < -0.39 is 28.1 Å². The van der Waals surface area contributed by atoms with Gasteiger partial charge in [0.15, 0.2) is 0 Å². The molecule has 20 heavy (non-hydrogen) atoms. The second kappa shape index (κ2) is 5.17. The minimum absolute atomic E-state index is 0.0181. The van der Waals surface area contributed by atoms with E-state index >= 15 is 0 Å². The molecule has 1 fully saturated rings. The van der Waals surface area contributed by atoms with Gasteiger partial charge in [-0.1, -0.05) is 0 Å². The van der Waals surface area contributed by atoms with Crippen LogP contribution in [-0.2, 0) is 17.1 Å². The smallest absolute Gasteiger partial charge is 0.265 e. The molecule has 1 saturated heterocycles. The molecule has 2 heterocycles. The lowest BCUT2D eigenvalue weighted by atomic mass is 10.2. The second-order valence-corrected chi connectivity index (χ2v) is 6.85. The largest absolute Gasteiger partial charge is 0.390 e. The molecule has 0 spiro atoms. The number of hydrogen-bond acceptors (Lipinski definition) is 5. The molecule has 2 atom stereocenters. The molecule has 112 valence electrons. The van der Waals surface area contributed by atoms with E-state index in [1.54, 1.807) is 7.05 Å². The van der Waals surface area contributed by atoms with Crippen molar-refractivity contribution in [2.75, 3.05) is 20.1 Å². The number of sulfonamides is 1. The van der Waals surface area contributed by atoms with Gasteiger partial charge in [-0.2, -0.15) is 4.31 Å². The zero-order valence-corrected chi connectivity index (χ0v) is 12.1. The van der Waals surface area contributed by atoms with E-state index in [1.807, 2.05) is 0 Å². The summed E-state index contributed by atoms with van der Waals surface area (Å²) in [7, 11) is -0.829. The number of nitrogens with one attached hydrogen (secondary N) is 1. The Bertz CT molecular complexity index is 624. The van der Waals surface area contributed by atoms with E-state index in [1.165, 1.54) is 23.9 Å². The number of aromatic nitrogens is 1. The van der Waals surface area contributed by atoms with Crippen LogP contribution in [0, 0.1) is 0 Å². The zero-order chi connectivity index (χ0) is 15.1. The van der Waals surface area contributed by atoms with Gasteiger partial charge in [-0.05, 0) is 6.07 Å². The molecule has 1 amide bonds. The quantitative estimate of drug-likeness (QED) is 0.599. The topological polar surface area (TPSA) is 118 Å². The Kier molecular flexibility index (Phi) is 3.87. The molecule has 1 aliphatic rings. The molecule has 1 aromatic rings. The average molecular weight is 302 g/mol. The molecule has 2 rings (SSSR count). The first-order chi connectivity index (χ1) is 9.25. The maximum Gasteiger partial charge on any atom is 0.265 e. The Balaban J connectivity index is 2.35. The molecule has 0 saturated carbocycles. The molecule has 1 aliphatic heterocycles. The van der Waals surface area contributed by atoms with Crippen molar-refractivity contribution >= 4 is 15.9 Å². The highest BCUT2D eigenvalue weighted by molar-refractivity contribution is 7.89. The van der Waals surface area contributed by atoms with Gasteiger partial charge in [0.2, 0.25) is 10.0 Å². The van der Waals surface area contributed by atoms with Crippen molar-refractivity contribution in [2.45, 2.75) is 17.0 Å². The van der Waals surface area contributed by atoms with E-state index in [0.717, 1.165) is 4.31 Å². The first-order valence-electron chi connectivity index (χ1n) is 6.08. The van der Waals surface area contributed by atoms with Gasteiger partial charge in [0.05, 0.1) is 12.1 Å². The van der Waals surface area contributed by atoms with Crippen molar-refractivity contribution in [3.63, 3.8) is 0 Å². The second-order valence-electron chi connectivity index (χ2n) is 4.85. The summed E-state index contributed by atoms with van der Waals surface area (Å²) in [5.41, 5.74) is 5.29. The van der Waals surface area contributed by atoms with Crippen LogP contribution in [0.5, 0.6) is 0 Å². The van der Waals surface area contributed by atoms with Crippen LogP contribution in [0.4, 0.5) is 0 Å². The lowest BCUT2D eigenvalue weighted by molar-refractivity contribution is 0.0992. The van der Waals surface area contributed by atoms with Gasteiger partial charge in [0.25, 0.3) is 5.91 Å². The molecule has 0 radical (unpaired) electrons. The summed E-state index contributed by atoms with van der Waals surface area (Å²) in [5.74, 6) is -0.695. The van der Waals surface area contributed by atoms with Gasteiger partial charge in [0, 0.05) is 33.4 Å². The third-order valence-corrected chi connectivity index (χ3v) is 5.38. The number of carbonyl (C=O) groups is 1. The summed E-state index contributed by atoms with van der Waals surface area (Å²) in [4.78, 5) is 11.2. The Hall–Kier alpha value is -1.42. The molecule has 0 bridgehead atoms. The number of aryl methyl sites for hydroxylation is 1. The van der Waals surface area contributed by atoms with Gasteiger partial charge in [-0.15, -0.1) is 0 Å². The van der Waals surface area contributed by atoms with Crippen molar-refractivity contribution in [1.82, 2.24) is 14.2 Å². The van der Waals surface area contributed by atoms with Crippen LogP contribution in [0.1, 0.15) is 10.5 Å². The van der Waals surface area contributed by atoms with Crippen LogP contribution in [-0.4, -0.2) is 60.6 Å². The summed E-state index contributed by atoms with van der Waals surface area (Å²) < 4.78 is 27.4. The number of hydrogen-bond donors (Lipinski definition) is 3. The molecule has 0 aromatic carbocycles. The molecule has 8 nitrogen and oxygen atoms in total. The molecule has 4 N–H and O–H groups in total. The molecule has 0 unspecified atom stereocenters. The summed E-state index contributed by atoms with van der Waals surface area (Å²) in [6.07, 6.45) is 0.579. The van der Waals surface area contributed by atoms with Crippen LogP contribution in [0.3, 0.4) is 0 Å². The lowest BCUT2D eigenvalue weighted by Crippen LogP contribution is -2.44. The molecule has 9 heteroatoms. The standard InChI is InChI=1S/C11H18N4O4S/c1-14-6-7(3-8(14)11(12)17)20(18,19)15(2)9-4-13-5-10(9)16/h3,6,9-10,13,16H,4-5H2,1-2H3,(H2,12,17)/t9-,10-/m0/s1. The lowest BCUT2D eigenvalue weighted by Gasteiger charge is -2.25. The fourth-order valence-corrected chi connectivity index (χ4v) is 3.74. The molecule has 0 aliphatic carbocycles. The maximum atomic E-state index is 12.5. The predicted molar refractivity (Wildman–Crippen MR) is 71.5 cm³/mol. The van der Waals surface area contributed by atoms with Gasteiger partial charge in [-0.3, -0.25) is 4.79 Å². The Morgan fingerprint density at radius 1 is 1.55 bits per heavy atom. The number of primary amides is 1. The Morgan fingerprint density at radius 2 is 2.20 bits per heavy atom. The van der Waals surface area contributed by atoms with Crippen molar-refractivity contribution in [2.24, 2.45) is 12.8 Å². The number of aliphatic hydroxyl groups is 1. The van der Waals surface area contributed by atoms with E-state index in [0.29, 0.717) is 13.1 Å². The van der Waals surface area contributed by atoms with Crippen LogP contribution in [0.15, 0.2) is 17.2 Å². The number of nitrogens with two attached hydrogens (primary N) is 1.